The van der Waals surface area contributed by atoms with Crippen molar-refractivity contribution in [2.24, 2.45) is 0 Å². The number of carbonyl (C=O) groups excluding carboxylic acids is 1. The lowest BCUT2D eigenvalue weighted by Gasteiger charge is -2.08. The highest BCUT2D eigenvalue weighted by Gasteiger charge is 2.16. The molecule has 0 unspecified atom stereocenters. The Hall–Kier alpha value is -2.89. The lowest BCUT2D eigenvalue weighted by atomic mass is 10.2. The number of amides is 1. The van der Waals surface area contributed by atoms with Gasteiger partial charge in [0.15, 0.2) is 0 Å². The molecule has 0 aliphatic rings. The van der Waals surface area contributed by atoms with Crippen LogP contribution in [0.3, 0.4) is 0 Å². The van der Waals surface area contributed by atoms with E-state index in [2.05, 4.69) is 10.3 Å². The topological polar surface area (TPSA) is 51.2 Å². The summed E-state index contributed by atoms with van der Waals surface area (Å²) in [6, 6.07) is 21.3. The van der Waals surface area contributed by atoms with E-state index >= 15 is 0 Å². The molecule has 2 aromatic heterocycles. The van der Waals surface area contributed by atoms with E-state index in [1.165, 1.54) is 11.3 Å². The largest absolute Gasteiger partial charge is 0.473 e. The molecule has 28 heavy (non-hydrogen) atoms. The molecule has 0 fully saturated rings. The molecule has 4 nitrogen and oxygen atoms in total. The number of nitrogens with zero attached hydrogens (tertiary/aromatic N) is 1. The number of fused-ring (bicyclic) bond motifs is 1. The van der Waals surface area contributed by atoms with Gasteiger partial charge in [0.25, 0.3) is 5.91 Å². The number of ether oxygens (including phenoxy) is 1. The van der Waals surface area contributed by atoms with Crippen LogP contribution < -0.4 is 10.1 Å². The molecule has 0 saturated carbocycles. The van der Waals surface area contributed by atoms with Gasteiger partial charge in [-0.25, -0.2) is 4.98 Å². The third-order valence-corrected chi connectivity index (χ3v) is 5.90. The number of hydrogen-bond acceptors (Lipinski definition) is 4. The van der Waals surface area contributed by atoms with Crippen LogP contribution >= 0.6 is 22.9 Å². The van der Waals surface area contributed by atoms with E-state index in [-0.39, 0.29) is 5.91 Å². The van der Waals surface area contributed by atoms with E-state index in [4.69, 9.17) is 16.3 Å². The van der Waals surface area contributed by atoms with Crippen LogP contribution in [0.5, 0.6) is 5.88 Å². The molecule has 4 rings (SSSR count). The van der Waals surface area contributed by atoms with Crippen molar-refractivity contribution in [1.29, 1.82) is 0 Å². The van der Waals surface area contributed by atoms with E-state index in [9.17, 15) is 4.79 Å². The van der Waals surface area contributed by atoms with Crippen molar-refractivity contribution in [3.63, 3.8) is 0 Å². The minimum absolute atomic E-state index is 0.185. The second-order valence-electron chi connectivity index (χ2n) is 6.20. The summed E-state index contributed by atoms with van der Waals surface area (Å²) in [4.78, 5) is 17.3. The highest BCUT2D eigenvalue weighted by molar-refractivity contribution is 7.21. The first kappa shape index (κ1) is 18.5. The lowest BCUT2D eigenvalue weighted by molar-refractivity contribution is 0.0955. The molecule has 0 aliphatic heterocycles. The molecule has 0 radical (unpaired) electrons. The lowest BCUT2D eigenvalue weighted by Crippen LogP contribution is -2.22. The summed E-state index contributed by atoms with van der Waals surface area (Å²) < 4.78 is 6.74. The molecular formula is C22H17ClN2O2S. The van der Waals surface area contributed by atoms with Gasteiger partial charge >= 0.3 is 0 Å². The first-order valence-corrected chi connectivity index (χ1v) is 9.97. The predicted octanol–water partition coefficient (Wildman–Crippen LogP) is 5.46. The van der Waals surface area contributed by atoms with Crippen molar-refractivity contribution in [1.82, 2.24) is 10.3 Å². The highest BCUT2D eigenvalue weighted by Crippen LogP contribution is 2.35. The number of thiophene rings is 1. The van der Waals surface area contributed by atoms with Crippen molar-refractivity contribution in [3.8, 4) is 5.88 Å². The van der Waals surface area contributed by atoms with Crippen molar-refractivity contribution in [2.45, 2.75) is 13.2 Å². The summed E-state index contributed by atoms with van der Waals surface area (Å²) in [5.41, 5.74) is 1.98. The number of aromatic nitrogens is 1. The van der Waals surface area contributed by atoms with E-state index in [1.807, 2.05) is 66.7 Å². The van der Waals surface area contributed by atoms with E-state index in [1.54, 1.807) is 6.20 Å². The molecule has 0 aliphatic carbocycles. The van der Waals surface area contributed by atoms with Crippen LogP contribution in [-0.2, 0) is 13.2 Å². The van der Waals surface area contributed by atoms with E-state index in [0.29, 0.717) is 28.9 Å². The Labute approximate surface area is 171 Å². The van der Waals surface area contributed by atoms with Crippen LogP contribution in [-0.4, -0.2) is 10.9 Å². The summed E-state index contributed by atoms with van der Waals surface area (Å²) in [7, 11) is 0. The second kappa shape index (κ2) is 8.42. The number of rotatable bonds is 6. The molecular weight excluding hydrogens is 392 g/mol. The maximum atomic E-state index is 12.6. The number of nitrogens with one attached hydrogen (secondary N) is 1. The molecule has 6 heteroatoms. The number of benzene rings is 2. The van der Waals surface area contributed by atoms with Crippen LogP contribution in [0.4, 0.5) is 0 Å². The van der Waals surface area contributed by atoms with Gasteiger partial charge in [-0.05, 0) is 23.3 Å². The molecule has 0 spiro atoms. The van der Waals surface area contributed by atoms with Gasteiger partial charge in [0.05, 0.1) is 5.02 Å². The first-order valence-electron chi connectivity index (χ1n) is 8.77. The van der Waals surface area contributed by atoms with Crippen LogP contribution in [0.1, 0.15) is 20.8 Å². The van der Waals surface area contributed by atoms with E-state index < -0.39 is 0 Å². The van der Waals surface area contributed by atoms with Gasteiger partial charge < -0.3 is 10.1 Å². The number of halogens is 1. The smallest absolute Gasteiger partial charge is 0.263 e. The molecule has 2 aromatic carbocycles. The maximum absolute atomic E-state index is 12.6. The SMILES string of the molecule is O=C(NCc1ccnc(OCc2ccccc2)c1)c1sc2ccccc2c1Cl. The summed E-state index contributed by atoms with van der Waals surface area (Å²) in [6.07, 6.45) is 1.67. The monoisotopic (exact) mass is 408 g/mol. The molecule has 2 heterocycles. The Kier molecular flexibility index (Phi) is 5.55. The zero-order valence-corrected chi connectivity index (χ0v) is 16.5. The Balaban J connectivity index is 1.40. The van der Waals surface area contributed by atoms with Gasteiger partial charge in [0.1, 0.15) is 11.5 Å². The highest BCUT2D eigenvalue weighted by atomic mass is 35.5. The number of hydrogen-bond donors (Lipinski definition) is 1. The van der Waals surface area contributed by atoms with Gasteiger partial charge in [-0.1, -0.05) is 60.1 Å². The maximum Gasteiger partial charge on any atom is 0.263 e. The first-order chi connectivity index (χ1) is 13.7. The summed E-state index contributed by atoms with van der Waals surface area (Å²) in [5.74, 6) is 0.338. The Morgan fingerprint density at radius 1 is 1.04 bits per heavy atom. The van der Waals surface area contributed by atoms with Crippen molar-refractivity contribution in [2.75, 3.05) is 0 Å². The number of carbonyl (C=O) groups is 1. The Morgan fingerprint density at radius 3 is 2.64 bits per heavy atom. The van der Waals surface area contributed by atoms with E-state index in [0.717, 1.165) is 21.2 Å². The van der Waals surface area contributed by atoms with Crippen molar-refractivity contribution < 1.29 is 9.53 Å². The fraction of sp³-hybridized carbons (Fsp3) is 0.0909. The molecule has 0 atom stereocenters. The van der Waals surface area contributed by atoms with Gasteiger partial charge in [0.2, 0.25) is 5.88 Å². The molecule has 0 saturated heterocycles. The second-order valence-corrected chi connectivity index (χ2v) is 7.63. The molecule has 1 N–H and O–H groups in total. The predicted molar refractivity (Wildman–Crippen MR) is 113 cm³/mol. The van der Waals surface area contributed by atoms with Crippen LogP contribution in [0.15, 0.2) is 72.9 Å². The third-order valence-electron chi connectivity index (χ3n) is 4.22. The van der Waals surface area contributed by atoms with Gasteiger partial charge in [-0.3, -0.25) is 4.79 Å². The quantitative estimate of drug-likeness (QED) is 0.461. The normalized spacial score (nSPS) is 10.8. The van der Waals surface area contributed by atoms with Crippen LogP contribution in [0, 0.1) is 0 Å². The average Bonchev–Trinajstić information content (AvgIpc) is 3.08. The molecule has 1 amide bonds. The van der Waals surface area contributed by atoms with Gasteiger partial charge in [-0.2, -0.15) is 0 Å². The summed E-state index contributed by atoms with van der Waals surface area (Å²) in [5, 5.41) is 4.32. The third kappa shape index (κ3) is 4.16. The fourth-order valence-corrected chi connectivity index (χ4v) is 4.23. The molecule has 4 aromatic rings. The standard InChI is InChI=1S/C22H17ClN2O2S/c23-20-17-8-4-5-9-18(17)28-21(20)22(26)25-13-16-10-11-24-19(12-16)27-14-15-6-2-1-3-7-15/h1-12H,13-14H2,(H,25,26). The summed E-state index contributed by atoms with van der Waals surface area (Å²) >= 11 is 7.77. The minimum Gasteiger partial charge on any atom is -0.473 e. The Morgan fingerprint density at radius 2 is 1.82 bits per heavy atom. The Bertz CT molecular complexity index is 1110. The zero-order chi connectivity index (χ0) is 19.3. The van der Waals surface area contributed by atoms with Crippen molar-refractivity contribution >= 4 is 38.9 Å². The fourth-order valence-electron chi connectivity index (χ4n) is 2.79. The average molecular weight is 409 g/mol. The number of pyridine rings is 1. The summed E-state index contributed by atoms with van der Waals surface area (Å²) in [6.45, 7) is 0.814. The van der Waals surface area contributed by atoms with Gasteiger partial charge in [-0.15, -0.1) is 11.3 Å². The zero-order valence-electron chi connectivity index (χ0n) is 14.9. The van der Waals surface area contributed by atoms with Crippen LogP contribution in [0.2, 0.25) is 5.02 Å². The van der Waals surface area contributed by atoms with Crippen molar-refractivity contribution in [3.05, 3.63) is 94.0 Å². The molecule has 140 valence electrons. The van der Waals surface area contributed by atoms with Crippen LogP contribution in [0.25, 0.3) is 10.1 Å². The molecule has 0 bridgehead atoms. The minimum atomic E-state index is -0.185. The van der Waals surface area contributed by atoms with Gasteiger partial charge in [0, 0.05) is 28.9 Å².